The molecule has 0 aromatic heterocycles. The zero-order chi connectivity index (χ0) is 20.8. The van der Waals surface area contributed by atoms with Gasteiger partial charge in [-0.15, -0.1) is 0 Å². The molecule has 0 saturated carbocycles. The number of carbonyl (C=O) groups excluding carboxylic acids is 2. The second-order valence-electron chi connectivity index (χ2n) is 8.96. The van der Waals surface area contributed by atoms with E-state index in [1.165, 1.54) is 30.4 Å². The van der Waals surface area contributed by atoms with Gasteiger partial charge in [-0.1, -0.05) is 36.6 Å². The van der Waals surface area contributed by atoms with Crippen LogP contribution in [0.2, 0.25) is 0 Å². The van der Waals surface area contributed by atoms with Gasteiger partial charge in [-0.3, -0.25) is 9.59 Å². The first-order chi connectivity index (χ1) is 12.4. The van der Waals surface area contributed by atoms with Crippen LogP contribution in [0.4, 0.5) is 0 Å². The summed E-state index contributed by atoms with van der Waals surface area (Å²) in [7, 11) is 0. The lowest BCUT2D eigenvalue weighted by Gasteiger charge is -2.35. The molecule has 0 bridgehead atoms. The van der Waals surface area contributed by atoms with Crippen molar-refractivity contribution in [2.45, 2.75) is 99.7 Å². The Hall–Kier alpha value is -1.58. The normalized spacial score (nSPS) is 17.7. The summed E-state index contributed by atoms with van der Waals surface area (Å²) >= 11 is 0. The van der Waals surface area contributed by atoms with Gasteiger partial charge in [-0.2, -0.15) is 0 Å². The highest BCUT2D eigenvalue weighted by atomic mass is 16.6. The maximum atomic E-state index is 12.4. The van der Waals surface area contributed by atoms with E-state index in [4.69, 9.17) is 9.47 Å². The first-order valence-electron chi connectivity index (χ1n) is 10.2. The number of hydrogen-bond donors (Lipinski definition) is 0. The van der Waals surface area contributed by atoms with E-state index in [-0.39, 0.29) is 17.6 Å². The Morgan fingerprint density at radius 1 is 1.07 bits per heavy atom. The van der Waals surface area contributed by atoms with Crippen molar-refractivity contribution in [3.63, 3.8) is 0 Å². The van der Waals surface area contributed by atoms with Gasteiger partial charge in [-0.05, 0) is 79.1 Å². The van der Waals surface area contributed by atoms with Crippen LogP contribution in [0.15, 0.2) is 22.8 Å². The van der Waals surface area contributed by atoms with E-state index in [1.54, 1.807) is 33.8 Å². The molecule has 0 aromatic rings. The zero-order valence-corrected chi connectivity index (χ0v) is 18.5. The van der Waals surface area contributed by atoms with Crippen molar-refractivity contribution in [1.82, 2.24) is 0 Å². The van der Waals surface area contributed by atoms with Gasteiger partial charge in [0.05, 0.1) is 12.2 Å². The number of allylic oxidation sites excluding steroid dienone is 3. The molecule has 1 aliphatic rings. The molecule has 0 heterocycles. The van der Waals surface area contributed by atoms with Crippen LogP contribution in [0.5, 0.6) is 0 Å². The molecular formula is C23H38O4. The first-order valence-corrected chi connectivity index (χ1v) is 10.2. The molecule has 0 unspecified atom stereocenters. The van der Waals surface area contributed by atoms with E-state index in [2.05, 4.69) is 20.8 Å². The lowest BCUT2D eigenvalue weighted by molar-refractivity contribution is -0.163. The van der Waals surface area contributed by atoms with Crippen molar-refractivity contribution < 1.29 is 19.1 Å². The van der Waals surface area contributed by atoms with Crippen LogP contribution in [-0.2, 0) is 19.1 Å². The van der Waals surface area contributed by atoms with Gasteiger partial charge in [-0.25, -0.2) is 0 Å². The second kappa shape index (κ2) is 10.1. The van der Waals surface area contributed by atoms with Gasteiger partial charge in [0.1, 0.15) is 0 Å². The SMILES string of the molecule is CC1=C(CC/C(C)=C/C(C(=O)OC(C)C)C(=O)OC(C)C)C(C)(C)CCC1. The van der Waals surface area contributed by atoms with Crippen LogP contribution in [0.3, 0.4) is 0 Å². The van der Waals surface area contributed by atoms with Gasteiger partial charge >= 0.3 is 11.9 Å². The standard InChI is InChI=1S/C23H38O4/c1-15(2)26-21(24)19(22(25)27-16(3)4)14-17(5)11-12-20-18(6)10-9-13-23(20,7)8/h14-16,19H,9-13H2,1-8H3/b17-14+. The fourth-order valence-corrected chi connectivity index (χ4v) is 3.76. The Bertz CT molecular complexity index is 571. The Kier molecular flexibility index (Phi) is 8.77. The molecule has 0 amide bonds. The minimum Gasteiger partial charge on any atom is -0.462 e. The molecule has 1 rings (SSSR count). The molecule has 0 spiro atoms. The predicted octanol–water partition coefficient (Wildman–Crippen LogP) is 5.76. The summed E-state index contributed by atoms with van der Waals surface area (Å²) in [5.41, 5.74) is 4.26. The van der Waals surface area contributed by atoms with Crippen LogP contribution in [0, 0.1) is 11.3 Å². The van der Waals surface area contributed by atoms with Crippen molar-refractivity contribution in [1.29, 1.82) is 0 Å². The maximum Gasteiger partial charge on any atom is 0.324 e. The summed E-state index contributed by atoms with van der Waals surface area (Å²) in [6.45, 7) is 15.9. The molecule has 27 heavy (non-hydrogen) atoms. The van der Waals surface area contributed by atoms with Gasteiger partial charge in [0, 0.05) is 0 Å². The van der Waals surface area contributed by atoms with Gasteiger partial charge in [0.2, 0.25) is 0 Å². The smallest absolute Gasteiger partial charge is 0.324 e. The predicted molar refractivity (Wildman–Crippen MR) is 109 cm³/mol. The molecule has 4 nitrogen and oxygen atoms in total. The van der Waals surface area contributed by atoms with Gasteiger partial charge in [0.15, 0.2) is 5.92 Å². The lowest BCUT2D eigenvalue weighted by atomic mass is 9.71. The summed E-state index contributed by atoms with van der Waals surface area (Å²) in [5.74, 6) is -2.07. The number of carbonyl (C=O) groups is 2. The highest BCUT2D eigenvalue weighted by molar-refractivity contribution is 5.97. The third kappa shape index (κ3) is 7.51. The molecule has 4 heteroatoms. The maximum absolute atomic E-state index is 12.4. The summed E-state index contributed by atoms with van der Waals surface area (Å²) in [6, 6.07) is 0. The first kappa shape index (κ1) is 23.5. The molecule has 0 saturated heterocycles. The van der Waals surface area contributed by atoms with Crippen LogP contribution in [0.1, 0.15) is 87.5 Å². The number of ether oxygens (including phenoxy) is 2. The summed E-state index contributed by atoms with van der Waals surface area (Å²) in [6.07, 6.45) is 6.62. The van der Waals surface area contributed by atoms with Crippen LogP contribution in [-0.4, -0.2) is 24.1 Å². The van der Waals surface area contributed by atoms with Crippen molar-refractivity contribution in [2.75, 3.05) is 0 Å². The molecule has 0 N–H and O–H groups in total. The van der Waals surface area contributed by atoms with Crippen LogP contribution < -0.4 is 0 Å². The quantitative estimate of drug-likeness (QED) is 0.306. The number of esters is 2. The average Bonchev–Trinajstić information content (AvgIpc) is 2.49. The van der Waals surface area contributed by atoms with Crippen molar-refractivity contribution in [3.8, 4) is 0 Å². The molecule has 154 valence electrons. The fourth-order valence-electron chi connectivity index (χ4n) is 3.76. The fraction of sp³-hybridized carbons (Fsp3) is 0.739. The molecular weight excluding hydrogens is 340 g/mol. The minimum absolute atomic E-state index is 0.231. The van der Waals surface area contributed by atoms with Crippen molar-refractivity contribution in [2.24, 2.45) is 11.3 Å². The van der Waals surface area contributed by atoms with Gasteiger partial charge < -0.3 is 9.47 Å². The monoisotopic (exact) mass is 378 g/mol. The van der Waals surface area contributed by atoms with Crippen LogP contribution in [0.25, 0.3) is 0 Å². The second-order valence-corrected chi connectivity index (χ2v) is 8.96. The van der Waals surface area contributed by atoms with E-state index in [0.717, 1.165) is 18.4 Å². The lowest BCUT2D eigenvalue weighted by Crippen LogP contribution is -2.30. The Labute approximate surface area is 165 Å². The summed E-state index contributed by atoms with van der Waals surface area (Å²) in [4.78, 5) is 24.8. The molecule has 0 aliphatic heterocycles. The molecule has 1 aliphatic carbocycles. The van der Waals surface area contributed by atoms with Crippen LogP contribution >= 0.6 is 0 Å². The Morgan fingerprint density at radius 3 is 2.04 bits per heavy atom. The zero-order valence-electron chi connectivity index (χ0n) is 18.5. The third-order valence-corrected chi connectivity index (χ3v) is 5.12. The van der Waals surface area contributed by atoms with Gasteiger partial charge in [0.25, 0.3) is 0 Å². The van der Waals surface area contributed by atoms with E-state index in [1.807, 2.05) is 6.92 Å². The largest absolute Gasteiger partial charge is 0.462 e. The van der Waals surface area contributed by atoms with E-state index >= 15 is 0 Å². The molecule has 0 radical (unpaired) electrons. The number of hydrogen-bond acceptors (Lipinski definition) is 4. The van der Waals surface area contributed by atoms with Crippen molar-refractivity contribution in [3.05, 3.63) is 22.8 Å². The third-order valence-electron chi connectivity index (χ3n) is 5.12. The van der Waals surface area contributed by atoms with E-state index in [0.29, 0.717) is 0 Å². The summed E-state index contributed by atoms with van der Waals surface area (Å²) in [5, 5.41) is 0. The Morgan fingerprint density at radius 2 is 1.59 bits per heavy atom. The average molecular weight is 379 g/mol. The molecule has 0 aromatic carbocycles. The topological polar surface area (TPSA) is 52.6 Å². The molecule has 0 fully saturated rings. The summed E-state index contributed by atoms with van der Waals surface area (Å²) < 4.78 is 10.5. The highest BCUT2D eigenvalue weighted by Gasteiger charge is 2.30. The van der Waals surface area contributed by atoms with E-state index in [9.17, 15) is 9.59 Å². The van der Waals surface area contributed by atoms with Crippen molar-refractivity contribution >= 4 is 11.9 Å². The van der Waals surface area contributed by atoms with E-state index < -0.39 is 17.9 Å². The number of rotatable bonds is 8. The highest BCUT2D eigenvalue weighted by Crippen LogP contribution is 2.42. The minimum atomic E-state index is -0.996. The molecule has 0 atom stereocenters. The Balaban J connectivity index is 2.92.